The minimum absolute atomic E-state index is 0.132. The second-order valence-electron chi connectivity index (χ2n) is 6.36. The monoisotopic (exact) mass is 290 g/mol. The van der Waals surface area contributed by atoms with E-state index >= 15 is 0 Å². The largest absolute Gasteiger partial charge is 0.441 e. The number of oxazole rings is 1. The lowest BCUT2D eigenvalue weighted by Crippen LogP contribution is -2.36. The molecular formula is C17H23FN2O. The van der Waals surface area contributed by atoms with Crippen molar-refractivity contribution in [1.82, 2.24) is 10.3 Å². The lowest BCUT2D eigenvalue weighted by Gasteiger charge is -2.19. The molecule has 0 bridgehead atoms. The second kappa shape index (κ2) is 6.39. The molecule has 2 rings (SSSR count). The van der Waals surface area contributed by atoms with Crippen molar-refractivity contribution in [2.75, 3.05) is 6.54 Å². The Kier molecular flexibility index (Phi) is 4.78. The molecule has 0 aliphatic carbocycles. The molecule has 1 N–H and O–H groups in total. The predicted octanol–water partition coefficient (Wildman–Crippen LogP) is 4.11. The summed E-state index contributed by atoms with van der Waals surface area (Å²) in [6.07, 6.45) is 3.47. The number of rotatable bonds is 5. The van der Waals surface area contributed by atoms with Gasteiger partial charge < -0.3 is 9.73 Å². The van der Waals surface area contributed by atoms with Crippen molar-refractivity contribution >= 4 is 0 Å². The van der Waals surface area contributed by atoms with E-state index in [-0.39, 0.29) is 11.4 Å². The first kappa shape index (κ1) is 15.7. The van der Waals surface area contributed by atoms with Crippen LogP contribution in [-0.4, -0.2) is 17.1 Å². The van der Waals surface area contributed by atoms with Gasteiger partial charge in [-0.25, -0.2) is 9.37 Å². The highest BCUT2D eigenvalue weighted by Gasteiger charge is 2.10. The molecule has 0 atom stereocenters. The lowest BCUT2D eigenvalue weighted by atomic mass is 10.1. The Hall–Kier alpha value is -1.68. The maximum absolute atomic E-state index is 13.3. The van der Waals surface area contributed by atoms with E-state index in [1.54, 1.807) is 25.3 Å². The van der Waals surface area contributed by atoms with E-state index in [4.69, 9.17) is 4.42 Å². The zero-order valence-electron chi connectivity index (χ0n) is 13.2. The normalized spacial score (nSPS) is 11.9. The standard InChI is InChI=1S/C17H23FN2O/c1-12-10-13(7-8-14(12)18)15-11-19-16(21-15)6-5-9-20-17(2,3)4/h7-8,10-11,20H,5-6,9H2,1-4H3. The first-order chi connectivity index (χ1) is 9.85. The van der Waals surface area contributed by atoms with Crippen LogP contribution in [0.5, 0.6) is 0 Å². The molecule has 0 spiro atoms. The summed E-state index contributed by atoms with van der Waals surface area (Å²) in [4.78, 5) is 4.29. The maximum atomic E-state index is 13.3. The third-order valence-corrected chi connectivity index (χ3v) is 3.22. The number of nitrogens with one attached hydrogen (secondary N) is 1. The third kappa shape index (κ3) is 4.67. The SMILES string of the molecule is Cc1cc(-c2cnc(CCCNC(C)(C)C)o2)ccc1F. The summed E-state index contributed by atoms with van der Waals surface area (Å²) < 4.78 is 19.0. The molecule has 0 radical (unpaired) electrons. The van der Waals surface area contributed by atoms with Gasteiger partial charge in [0.2, 0.25) is 0 Å². The highest BCUT2D eigenvalue weighted by atomic mass is 19.1. The van der Waals surface area contributed by atoms with Gasteiger partial charge in [-0.3, -0.25) is 0 Å². The average molecular weight is 290 g/mol. The van der Waals surface area contributed by atoms with Crippen molar-refractivity contribution < 1.29 is 8.81 Å². The van der Waals surface area contributed by atoms with Gasteiger partial charge in [0.25, 0.3) is 0 Å². The first-order valence-corrected chi connectivity index (χ1v) is 7.31. The van der Waals surface area contributed by atoms with Gasteiger partial charge in [-0.2, -0.15) is 0 Å². The van der Waals surface area contributed by atoms with Gasteiger partial charge in [-0.05, 0) is 64.4 Å². The fourth-order valence-electron chi connectivity index (χ4n) is 2.06. The van der Waals surface area contributed by atoms with Crippen LogP contribution in [0.3, 0.4) is 0 Å². The zero-order chi connectivity index (χ0) is 15.5. The van der Waals surface area contributed by atoms with Crippen LogP contribution in [0.2, 0.25) is 0 Å². The lowest BCUT2D eigenvalue weighted by molar-refractivity contribution is 0.412. The number of benzene rings is 1. The predicted molar refractivity (Wildman–Crippen MR) is 82.7 cm³/mol. The molecule has 0 fully saturated rings. The van der Waals surface area contributed by atoms with Crippen LogP contribution < -0.4 is 5.32 Å². The van der Waals surface area contributed by atoms with E-state index in [2.05, 4.69) is 31.1 Å². The van der Waals surface area contributed by atoms with E-state index in [0.717, 1.165) is 30.8 Å². The van der Waals surface area contributed by atoms with Gasteiger partial charge in [-0.15, -0.1) is 0 Å². The molecule has 0 aliphatic rings. The highest BCUT2D eigenvalue weighted by Crippen LogP contribution is 2.23. The van der Waals surface area contributed by atoms with Crippen molar-refractivity contribution in [1.29, 1.82) is 0 Å². The zero-order valence-corrected chi connectivity index (χ0v) is 13.2. The number of hydrogen-bond donors (Lipinski definition) is 1. The molecular weight excluding hydrogens is 267 g/mol. The first-order valence-electron chi connectivity index (χ1n) is 7.31. The Balaban J connectivity index is 1.93. The Morgan fingerprint density at radius 2 is 2.05 bits per heavy atom. The van der Waals surface area contributed by atoms with Crippen LogP contribution in [-0.2, 0) is 6.42 Å². The highest BCUT2D eigenvalue weighted by molar-refractivity contribution is 5.57. The summed E-state index contributed by atoms with van der Waals surface area (Å²) in [5.41, 5.74) is 1.60. The fourth-order valence-corrected chi connectivity index (χ4v) is 2.06. The molecule has 1 heterocycles. The Bertz CT molecular complexity index is 599. The van der Waals surface area contributed by atoms with Gasteiger partial charge >= 0.3 is 0 Å². The quantitative estimate of drug-likeness (QED) is 0.842. The smallest absolute Gasteiger partial charge is 0.194 e. The number of halogens is 1. The number of hydrogen-bond acceptors (Lipinski definition) is 3. The molecule has 0 unspecified atom stereocenters. The molecule has 1 aromatic heterocycles. The van der Waals surface area contributed by atoms with Crippen LogP contribution >= 0.6 is 0 Å². The third-order valence-electron chi connectivity index (χ3n) is 3.22. The summed E-state index contributed by atoms with van der Waals surface area (Å²) in [5.74, 6) is 1.21. The van der Waals surface area contributed by atoms with E-state index < -0.39 is 0 Å². The van der Waals surface area contributed by atoms with Crippen molar-refractivity contribution in [3.05, 3.63) is 41.7 Å². The summed E-state index contributed by atoms with van der Waals surface area (Å²) in [5, 5.41) is 3.43. The fraction of sp³-hybridized carbons (Fsp3) is 0.471. The summed E-state index contributed by atoms with van der Waals surface area (Å²) >= 11 is 0. The summed E-state index contributed by atoms with van der Waals surface area (Å²) in [6.45, 7) is 9.11. The van der Waals surface area contributed by atoms with Gasteiger partial charge in [0.15, 0.2) is 11.7 Å². The number of aryl methyl sites for hydroxylation is 2. The molecule has 0 saturated carbocycles. The molecule has 21 heavy (non-hydrogen) atoms. The van der Waals surface area contributed by atoms with E-state index in [1.807, 2.05) is 0 Å². The van der Waals surface area contributed by atoms with Crippen molar-refractivity contribution in [3.8, 4) is 11.3 Å². The van der Waals surface area contributed by atoms with Crippen molar-refractivity contribution in [2.24, 2.45) is 0 Å². The molecule has 0 saturated heterocycles. The maximum Gasteiger partial charge on any atom is 0.194 e. The van der Waals surface area contributed by atoms with Gasteiger partial charge in [0.05, 0.1) is 6.20 Å². The van der Waals surface area contributed by atoms with Crippen molar-refractivity contribution in [2.45, 2.75) is 46.1 Å². The van der Waals surface area contributed by atoms with Crippen molar-refractivity contribution in [3.63, 3.8) is 0 Å². The Morgan fingerprint density at radius 1 is 1.29 bits per heavy atom. The van der Waals surface area contributed by atoms with Crippen LogP contribution in [0.25, 0.3) is 11.3 Å². The van der Waals surface area contributed by atoms with Crippen LogP contribution in [0.15, 0.2) is 28.8 Å². The molecule has 3 nitrogen and oxygen atoms in total. The molecule has 0 aliphatic heterocycles. The number of nitrogens with zero attached hydrogens (tertiary/aromatic N) is 1. The van der Waals surface area contributed by atoms with Crippen LogP contribution in [0.4, 0.5) is 4.39 Å². The minimum atomic E-state index is -0.202. The van der Waals surface area contributed by atoms with Gasteiger partial charge in [-0.1, -0.05) is 0 Å². The topological polar surface area (TPSA) is 38.1 Å². The van der Waals surface area contributed by atoms with E-state index in [9.17, 15) is 4.39 Å². The molecule has 1 aromatic carbocycles. The average Bonchev–Trinajstić information content (AvgIpc) is 2.86. The molecule has 0 amide bonds. The van der Waals surface area contributed by atoms with Crippen LogP contribution in [0.1, 0.15) is 38.6 Å². The summed E-state index contributed by atoms with van der Waals surface area (Å²) in [6, 6.07) is 4.95. The minimum Gasteiger partial charge on any atom is -0.441 e. The number of aromatic nitrogens is 1. The van der Waals surface area contributed by atoms with Gasteiger partial charge in [0, 0.05) is 17.5 Å². The Labute approximate surface area is 125 Å². The van der Waals surface area contributed by atoms with E-state index in [1.165, 1.54) is 6.07 Å². The molecule has 4 heteroatoms. The van der Waals surface area contributed by atoms with E-state index in [0.29, 0.717) is 11.3 Å². The second-order valence-corrected chi connectivity index (χ2v) is 6.36. The molecule has 114 valence electrons. The Morgan fingerprint density at radius 3 is 2.71 bits per heavy atom. The summed E-state index contributed by atoms with van der Waals surface area (Å²) in [7, 11) is 0. The van der Waals surface area contributed by atoms with Gasteiger partial charge in [0.1, 0.15) is 5.82 Å². The molecule has 2 aromatic rings. The van der Waals surface area contributed by atoms with Crippen LogP contribution in [0, 0.1) is 12.7 Å².